The van der Waals surface area contributed by atoms with Crippen molar-refractivity contribution in [3.05, 3.63) is 0 Å². The lowest BCUT2D eigenvalue weighted by molar-refractivity contribution is 0.235. The summed E-state index contributed by atoms with van der Waals surface area (Å²) in [7, 11) is 0. The Morgan fingerprint density at radius 2 is 0.417 bits per heavy atom. The van der Waals surface area contributed by atoms with Gasteiger partial charge in [0.15, 0.2) is 0 Å². The van der Waals surface area contributed by atoms with Crippen molar-refractivity contribution in [3.63, 3.8) is 0 Å². The van der Waals surface area contributed by atoms with Crippen molar-refractivity contribution in [1.82, 2.24) is 0 Å². The van der Waals surface area contributed by atoms with Gasteiger partial charge < -0.3 is 0 Å². The SMILES string of the molecule is CC(C)C1CC1.CC(C)C1CCC1.CC(C)C1CCCC1.CC(C)C1CCCCC1.CC(C)C1CCCCCC1.CC(C)C1CCCCCCC1.CC(C)CC1CCCCC1.CC(C)CCC1CCCCC1. The maximum Gasteiger partial charge on any atom is -0.0391 e. The first kappa shape index (κ1) is 70.0. The van der Waals surface area contributed by atoms with Crippen LogP contribution in [0.25, 0.3) is 0 Å². The molecular weight excluding hydrogens is 865 g/mol. The Morgan fingerprint density at radius 3 is 0.625 bits per heavy atom. The molecule has 0 nitrogen and oxygen atoms in total. The third kappa shape index (κ3) is 39.4. The molecule has 72 heavy (non-hydrogen) atoms. The van der Waals surface area contributed by atoms with Gasteiger partial charge >= 0.3 is 0 Å². The van der Waals surface area contributed by atoms with Gasteiger partial charge in [-0.25, -0.2) is 0 Å². The van der Waals surface area contributed by atoms with Crippen molar-refractivity contribution in [2.24, 2.45) is 94.7 Å². The zero-order valence-corrected chi connectivity index (χ0v) is 53.5. The maximum absolute atomic E-state index is 2.38. The van der Waals surface area contributed by atoms with Crippen LogP contribution in [0.1, 0.15) is 368 Å². The van der Waals surface area contributed by atoms with Crippen molar-refractivity contribution < 1.29 is 0 Å². The van der Waals surface area contributed by atoms with Crippen LogP contribution < -0.4 is 0 Å². The minimum Gasteiger partial charge on any atom is -0.0628 e. The molecule has 0 unspecified atom stereocenters. The maximum atomic E-state index is 2.38. The normalized spacial score (nSPS) is 22.5. The van der Waals surface area contributed by atoms with Crippen LogP contribution in [0, 0.1) is 94.7 Å². The second-order valence-electron chi connectivity index (χ2n) is 29.4. The van der Waals surface area contributed by atoms with Crippen LogP contribution in [-0.4, -0.2) is 0 Å². The van der Waals surface area contributed by atoms with Crippen molar-refractivity contribution in [1.29, 1.82) is 0 Å². The molecule has 0 amide bonds. The van der Waals surface area contributed by atoms with Crippen LogP contribution in [0.4, 0.5) is 0 Å². The van der Waals surface area contributed by atoms with E-state index in [0.29, 0.717) is 0 Å². The summed E-state index contributed by atoms with van der Waals surface area (Å²) in [6.45, 7) is 37.5. The first-order chi connectivity index (χ1) is 34.4. The van der Waals surface area contributed by atoms with E-state index in [1.54, 1.807) is 0 Å². The van der Waals surface area contributed by atoms with Crippen LogP contribution in [0.5, 0.6) is 0 Å². The van der Waals surface area contributed by atoms with Gasteiger partial charge in [-0.1, -0.05) is 348 Å². The van der Waals surface area contributed by atoms with Gasteiger partial charge in [-0.15, -0.1) is 0 Å². The summed E-state index contributed by atoms with van der Waals surface area (Å²) in [4.78, 5) is 0. The molecule has 0 aromatic heterocycles. The van der Waals surface area contributed by atoms with E-state index in [9.17, 15) is 0 Å². The Hall–Kier alpha value is 0. The van der Waals surface area contributed by atoms with Gasteiger partial charge in [0, 0.05) is 0 Å². The van der Waals surface area contributed by atoms with Gasteiger partial charge in [0.1, 0.15) is 0 Å². The van der Waals surface area contributed by atoms with Gasteiger partial charge in [-0.3, -0.25) is 0 Å². The molecular formula is C72H144. The summed E-state index contributed by atoms with van der Waals surface area (Å²) in [5, 5.41) is 0. The van der Waals surface area contributed by atoms with Crippen LogP contribution in [0.3, 0.4) is 0 Å². The lowest BCUT2D eigenvalue weighted by Crippen LogP contribution is -2.16. The second kappa shape index (κ2) is 44.9. The molecule has 0 saturated heterocycles. The molecule has 0 heteroatoms. The highest BCUT2D eigenvalue weighted by molar-refractivity contribution is 4.76. The summed E-state index contributed by atoms with van der Waals surface area (Å²) < 4.78 is 0. The van der Waals surface area contributed by atoms with Crippen LogP contribution in [-0.2, 0) is 0 Å². The predicted octanol–water partition coefficient (Wildman–Crippen LogP) is 25.8. The highest BCUT2D eigenvalue weighted by Gasteiger charge is 2.24. The molecule has 8 aliphatic carbocycles. The molecule has 0 spiro atoms. The molecule has 432 valence electrons. The fraction of sp³-hybridized carbons (Fsp3) is 1.00. The van der Waals surface area contributed by atoms with E-state index in [1.165, 1.54) is 257 Å². The summed E-state index contributed by atoms with van der Waals surface area (Å²) in [5.41, 5.74) is 0. The Bertz CT molecular complexity index is 1070. The third-order valence-electron chi connectivity index (χ3n) is 19.9. The molecule has 8 rings (SSSR count). The summed E-state index contributed by atoms with van der Waals surface area (Å²) in [6.07, 6.45) is 59.8. The quantitative estimate of drug-likeness (QED) is 0.181. The summed E-state index contributed by atoms with van der Waals surface area (Å²) in [6, 6.07) is 0. The minimum atomic E-state index is 0.914. The first-order valence-electron chi connectivity index (χ1n) is 34.4. The Labute approximate surface area is 460 Å². The van der Waals surface area contributed by atoms with Crippen LogP contribution in [0.15, 0.2) is 0 Å². The molecule has 0 aromatic rings. The Morgan fingerprint density at radius 1 is 0.208 bits per heavy atom. The van der Waals surface area contributed by atoms with Gasteiger partial charge in [0.25, 0.3) is 0 Å². The van der Waals surface area contributed by atoms with E-state index >= 15 is 0 Å². The highest BCUT2D eigenvalue weighted by atomic mass is 14.3. The van der Waals surface area contributed by atoms with E-state index < -0.39 is 0 Å². The topological polar surface area (TPSA) is 0 Å². The molecule has 0 aliphatic heterocycles. The number of hydrogen-bond acceptors (Lipinski definition) is 0. The molecule has 8 fully saturated rings. The minimum absolute atomic E-state index is 0.914. The second-order valence-corrected chi connectivity index (χ2v) is 29.4. The summed E-state index contributed by atoms with van der Waals surface area (Å²) >= 11 is 0. The standard InChI is InChI=1S/2C11H22.2C10H20.C9H18.C8H16.C7H14.C6H12/c1-10(2)8-9-11-6-4-3-5-7-11;1-10(2)11-8-6-4-3-5-7-9-11;1-9(2)8-10-6-4-3-5-7-10;1-9(2)10-7-5-3-4-6-8-10;1-8(2)9-6-4-3-5-7-9;1-7(2)8-5-3-4-6-8;1-6(2)7-4-3-5-7;1-5(2)6-3-4-6/h2*10-11H,3-9H2,1-2H3;2*9-10H,3-8H2,1-2H3;8-9H,3-7H2,1-2H3;7-8H,3-6H2,1-2H3;6-7H,3-5H2,1-2H3;5-6H,3-4H2,1-2H3. The molecule has 8 saturated carbocycles. The van der Waals surface area contributed by atoms with E-state index in [4.69, 9.17) is 0 Å². The lowest BCUT2D eigenvalue weighted by atomic mass is 9.78. The van der Waals surface area contributed by atoms with Crippen molar-refractivity contribution in [3.8, 4) is 0 Å². The largest absolute Gasteiger partial charge is 0.0628 e. The Kier molecular flexibility index (Phi) is 43.7. The lowest BCUT2D eigenvalue weighted by Gasteiger charge is -2.28. The zero-order valence-electron chi connectivity index (χ0n) is 53.5. The molecule has 8 aliphatic rings. The van der Waals surface area contributed by atoms with E-state index in [1.807, 2.05) is 0 Å². The van der Waals surface area contributed by atoms with E-state index in [0.717, 1.165) is 94.7 Å². The fourth-order valence-corrected chi connectivity index (χ4v) is 13.6. The molecule has 0 radical (unpaired) electrons. The third-order valence-corrected chi connectivity index (χ3v) is 19.9. The van der Waals surface area contributed by atoms with Gasteiger partial charge in [0.2, 0.25) is 0 Å². The first-order valence-corrected chi connectivity index (χ1v) is 34.4. The average Bonchev–Trinajstić information content (AvgIpc) is 4.10. The van der Waals surface area contributed by atoms with E-state index in [2.05, 4.69) is 111 Å². The molecule has 0 N–H and O–H groups in total. The van der Waals surface area contributed by atoms with Crippen LogP contribution in [0.2, 0.25) is 0 Å². The van der Waals surface area contributed by atoms with Crippen LogP contribution >= 0.6 is 0 Å². The molecule has 0 bridgehead atoms. The van der Waals surface area contributed by atoms with Gasteiger partial charge in [-0.05, 0) is 114 Å². The van der Waals surface area contributed by atoms with Crippen molar-refractivity contribution in [2.45, 2.75) is 368 Å². The molecule has 0 atom stereocenters. The fourth-order valence-electron chi connectivity index (χ4n) is 13.6. The molecule has 0 aromatic carbocycles. The monoisotopic (exact) mass is 1010 g/mol. The predicted molar refractivity (Wildman–Crippen MR) is 331 cm³/mol. The van der Waals surface area contributed by atoms with E-state index in [-0.39, 0.29) is 0 Å². The van der Waals surface area contributed by atoms with Crippen molar-refractivity contribution in [2.75, 3.05) is 0 Å². The number of rotatable bonds is 11. The highest BCUT2D eigenvalue weighted by Crippen LogP contribution is 2.36. The zero-order chi connectivity index (χ0) is 53.5. The Balaban J connectivity index is 0.000000414. The summed E-state index contributed by atoms with van der Waals surface area (Å²) in [5.74, 6) is 16.0. The number of hydrogen-bond donors (Lipinski definition) is 0. The average molecular weight is 1010 g/mol. The smallest absolute Gasteiger partial charge is 0.0391 e. The molecule has 0 heterocycles. The van der Waals surface area contributed by atoms with Gasteiger partial charge in [-0.2, -0.15) is 0 Å². The van der Waals surface area contributed by atoms with Crippen molar-refractivity contribution >= 4 is 0 Å². The van der Waals surface area contributed by atoms with Gasteiger partial charge in [0.05, 0.1) is 0 Å².